The molecule has 0 aliphatic carbocycles. The van der Waals surface area contributed by atoms with Gasteiger partial charge in [0.2, 0.25) is 4.96 Å². The Morgan fingerprint density at radius 1 is 1.35 bits per heavy atom. The Hall–Kier alpha value is -1.80. The molecule has 0 aliphatic rings. The summed E-state index contributed by atoms with van der Waals surface area (Å²) >= 11 is 2.54. The summed E-state index contributed by atoms with van der Waals surface area (Å²) < 4.78 is 6.29. The van der Waals surface area contributed by atoms with Crippen molar-refractivity contribution in [2.45, 2.75) is 20.8 Å². The predicted molar refractivity (Wildman–Crippen MR) is 77.9 cm³/mol. The minimum absolute atomic E-state index is 0.237. The number of esters is 1. The minimum Gasteiger partial charge on any atom is -0.462 e. The van der Waals surface area contributed by atoms with E-state index >= 15 is 0 Å². The van der Waals surface area contributed by atoms with E-state index in [1.807, 2.05) is 6.92 Å². The van der Waals surface area contributed by atoms with Crippen LogP contribution >= 0.6 is 22.7 Å². The summed E-state index contributed by atoms with van der Waals surface area (Å²) in [5.41, 5.74) is 0.375. The van der Waals surface area contributed by atoms with E-state index < -0.39 is 5.97 Å². The van der Waals surface area contributed by atoms with E-state index in [4.69, 9.17) is 4.74 Å². The average Bonchev–Trinajstić information content (AvgIpc) is 2.91. The van der Waals surface area contributed by atoms with Crippen LogP contribution in [0.3, 0.4) is 0 Å². The van der Waals surface area contributed by atoms with Gasteiger partial charge in [-0.25, -0.2) is 9.78 Å². The van der Waals surface area contributed by atoms with E-state index in [0.29, 0.717) is 32.2 Å². The Kier molecular flexibility index (Phi) is 3.06. The number of hydrogen-bond acceptors (Lipinski definition) is 7. The zero-order chi connectivity index (χ0) is 14.4. The lowest BCUT2D eigenvalue weighted by Crippen LogP contribution is -2.15. The highest BCUT2D eigenvalue weighted by Crippen LogP contribution is 2.28. The number of rotatable bonds is 2. The molecule has 20 heavy (non-hydrogen) atoms. The van der Waals surface area contributed by atoms with E-state index in [2.05, 4.69) is 10.1 Å². The molecule has 0 bridgehead atoms. The number of hydrogen-bond donors (Lipinski definition) is 0. The van der Waals surface area contributed by atoms with Crippen molar-refractivity contribution in [3.63, 3.8) is 0 Å². The number of nitrogens with zero attached hydrogens (tertiary/aromatic N) is 3. The summed E-state index contributed by atoms with van der Waals surface area (Å²) in [5.74, 6) is -0.412. The molecular formula is C12H11N3O3S2. The van der Waals surface area contributed by atoms with Gasteiger partial charge in [-0.2, -0.15) is 9.61 Å². The third kappa shape index (κ3) is 1.83. The molecule has 0 fully saturated rings. The van der Waals surface area contributed by atoms with E-state index in [9.17, 15) is 9.59 Å². The SMILES string of the molecule is CCOC(=O)c1sc2nc3sc(C)nn3c(=O)c2c1C. The lowest BCUT2D eigenvalue weighted by atomic mass is 10.2. The van der Waals surface area contributed by atoms with Gasteiger partial charge in [-0.3, -0.25) is 4.79 Å². The smallest absolute Gasteiger partial charge is 0.348 e. The molecule has 0 aromatic carbocycles. The zero-order valence-electron chi connectivity index (χ0n) is 11.1. The van der Waals surface area contributed by atoms with Gasteiger partial charge in [-0.05, 0) is 26.3 Å². The number of aryl methyl sites for hydroxylation is 2. The molecule has 0 radical (unpaired) electrons. The third-order valence-electron chi connectivity index (χ3n) is 2.85. The molecule has 8 heteroatoms. The Morgan fingerprint density at radius 2 is 2.10 bits per heavy atom. The first-order chi connectivity index (χ1) is 9.52. The van der Waals surface area contributed by atoms with Gasteiger partial charge in [0.15, 0.2) is 0 Å². The molecule has 3 heterocycles. The molecule has 3 aromatic rings. The zero-order valence-corrected chi connectivity index (χ0v) is 12.7. The molecule has 0 saturated carbocycles. The van der Waals surface area contributed by atoms with Gasteiger partial charge in [0, 0.05) is 0 Å². The van der Waals surface area contributed by atoms with Crippen LogP contribution in [0.1, 0.15) is 27.2 Å². The molecule has 104 valence electrons. The second kappa shape index (κ2) is 4.64. The number of carbonyl (C=O) groups is 1. The van der Waals surface area contributed by atoms with E-state index in [-0.39, 0.29) is 5.56 Å². The van der Waals surface area contributed by atoms with E-state index in [1.165, 1.54) is 27.2 Å². The van der Waals surface area contributed by atoms with Crippen LogP contribution in [-0.2, 0) is 4.74 Å². The van der Waals surface area contributed by atoms with E-state index in [0.717, 1.165) is 5.01 Å². The Bertz CT molecular complexity index is 891. The summed E-state index contributed by atoms with van der Waals surface area (Å²) in [4.78, 5) is 30.2. The van der Waals surface area contributed by atoms with Crippen molar-refractivity contribution in [1.82, 2.24) is 14.6 Å². The highest BCUT2D eigenvalue weighted by molar-refractivity contribution is 7.21. The molecular weight excluding hydrogens is 298 g/mol. The number of thiophene rings is 1. The van der Waals surface area contributed by atoms with Crippen LogP contribution < -0.4 is 5.56 Å². The van der Waals surface area contributed by atoms with Crippen LogP contribution in [0.4, 0.5) is 0 Å². The first kappa shape index (κ1) is 13.2. The van der Waals surface area contributed by atoms with Crippen LogP contribution in [0.2, 0.25) is 0 Å². The van der Waals surface area contributed by atoms with Crippen molar-refractivity contribution in [2.24, 2.45) is 0 Å². The lowest BCUT2D eigenvalue weighted by molar-refractivity contribution is 0.0531. The molecule has 0 atom stereocenters. The maximum Gasteiger partial charge on any atom is 0.348 e. The Balaban J connectivity index is 2.35. The second-order valence-corrected chi connectivity index (χ2v) is 6.35. The number of ether oxygens (including phenoxy) is 1. The highest BCUT2D eigenvalue weighted by Gasteiger charge is 2.21. The third-order valence-corrected chi connectivity index (χ3v) is 4.84. The van der Waals surface area contributed by atoms with Gasteiger partial charge in [0.1, 0.15) is 14.7 Å². The second-order valence-electron chi connectivity index (χ2n) is 4.19. The van der Waals surface area contributed by atoms with Gasteiger partial charge in [-0.15, -0.1) is 11.3 Å². The molecule has 3 aromatic heterocycles. The van der Waals surface area contributed by atoms with E-state index in [1.54, 1.807) is 13.8 Å². The summed E-state index contributed by atoms with van der Waals surface area (Å²) in [6.07, 6.45) is 0. The number of fused-ring (bicyclic) bond motifs is 2. The van der Waals surface area contributed by atoms with Crippen molar-refractivity contribution < 1.29 is 9.53 Å². The molecule has 3 rings (SSSR count). The first-order valence-corrected chi connectivity index (χ1v) is 7.63. The fourth-order valence-electron chi connectivity index (χ4n) is 1.99. The topological polar surface area (TPSA) is 73.6 Å². The van der Waals surface area contributed by atoms with Crippen molar-refractivity contribution >= 4 is 43.8 Å². The minimum atomic E-state index is -0.412. The van der Waals surface area contributed by atoms with Crippen molar-refractivity contribution in [3.8, 4) is 0 Å². The molecule has 0 unspecified atom stereocenters. The maximum atomic E-state index is 12.4. The highest BCUT2D eigenvalue weighted by atomic mass is 32.1. The Morgan fingerprint density at radius 3 is 2.80 bits per heavy atom. The van der Waals surface area contributed by atoms with Crippen molar-refractivity contribution in [3.05, 3.63) is 25.8 Å². The standard InChI is InChI=1S/C12H11N3O3S2/c1-4-18-11(17)8-5(2)7-9(20-8)13-12-15(10(7)16)14-6(3)19-12/h4H2,1-3H3. The van der Waals surface area contributed by atoms with Gasteiger partial charge < -0.3 is 4.74 Å². The summed E-state index contributed by atoms with van der Waals surface area (Å²) in [7, 11) is 0. The van der Waals surface area contributed by atoms with Crippen molar-refractivity contribution in [2.75, 3.05) is 6.61 Å². The monoisotopic (exact) mass is 309 g/mol. The largest absolute Gasteiger partial charge is 0.462 e. The summed E-state index contributed by atoms with van der Waals surface area (Å²) in [6.45, 7) is 5.61. The molecule has 0 saturated heterocycles. The van der Waals surface area contributed by atoms with Crippen LogP contribution in [0.5, 0.6) is 0 Å². The predicted octanol–water partition coefficient (Wildman–Crippen LogP) is 2.16. The fraction of sp³-hybridized carbons (Fsp3) is 0.333. The Labute approximate surface area is 121 Å². The molecule has 0 amide bonds. The number of carbonyl (C=O) groups excluding carboxylic acids is 1. The van der Waals surface area contributed by atoms with Crippen LogP contribution in [0.15, 0.2) is 4.79 Å². The quantitative estimate of drug-likeness (QED) is 0.678. The summed E-state index contributed by atoms with van der Waals surface area (Å²) in [6, 6.07) is 0. The van der Waals surface area contributed by atoms with Gasteiger partial charge in [0.25, 0.3) is 5.56 Å². The molecule has 0 spiro atoms. The normalized spacial score (nSPS) is 11.3. The molecule has 0 aliphatic heterocycles. The average molecular weight is 309 g/mol. The molecule has 0 N–H and O–H groups in total. The van der Waals surface area contributed by atoms with Gasteiger partial charge in [0.05, 0.1) is 12.0 Å². The van der Waals surface area contributed by atoms with Crippen LogP contribution in [-0.4, -0.2) is 27.2 Å². The van der Waals surface area contributed by atoms with Gasteiger partial charge in [-0.1, -0.05) is 11.3 Å². The van der Waals surface area contributed by atoms with Crippen molar-refractivity contribution in [1.29, 1.82) is 0 Å². The maximum absolute atomic E-state index is 12.4. The van der Waals surface area contributed by atoms with Gasteiger partial charge >= 0.3 is 5.97 Å². The first-order valence-electron chi connectivity index (χ1n) is 5.99. The fourth-order valence-corrected chi connectivity index (χ4v) is 3.85. The van der Waals surface area contributed by atoms with Crippen LogP contribution in [0, 0.1) is 13.8 Å². The lowest BCUT2D eigenvalue weighted by Gasteiger charge is -1.98. The number of aromatic nitrogens is 3. The summed E-state index contributed by atoms with van der Waals surface area (Å²) in [5, 5.41) is 5.36. The molecule has 6 nitrogen and oxygen atoms in total. The van der Waals surface area contributed by atoms with Crippen LogP contribution in [0.25, 0.3) is 15.2 Å².